The zero-order valence-electron chi connectivity index (χ0n) is 9.69. The van der Waals surface area contributed by atoms with Gasteiger partial charge in [0.1, 0.15) is 5.75 Å². The fraction of sp³-hybridized carbons (Fsp3) is 0.286. The smallest absolute Gasteiger partial charge is 0.127 e. The predicted molar refractivity (Wildman–Crippen MR) is 65.8 cm³/mol. The van der Waals surface area contributed by atoms with Crippen LogP contribution >= 0.6 is 0 Å². The van der Waals surface area contributed by atoms with Crippen LogP contribution in [0.15, 0.2) is 36.4 Å². The Hall–Kier alpha value is -1.54. The Labute approximate surface area is 95.8 Å². The van der Waals surface area contributed by atoms with E-state index in [0.717, 1.165) is 11.1 Å². The van der Waals surface area contributed by atoms with Gasteiger partial charge in [-0.05, 0) is 23.9 Å². The van der Waals surface area contributed by atoms with E-state index in [1.165, 1.54) is 10.9 Å². The minimum Gasteiger partial charge on any atom is -0.493 e. The lowest BCUT2D eigenvalue weighted by molar-refractivity contribution is 0.186. The van der Waals surface area contributed by atoms with E-state index in [1.807, 2.05) is 25.1 Å². The summed E-state index contributed by atoms with van der Waals surface area (Å²) in [6.45, 7) is 3.32. The summed E-state index contributed by atoms with van der Waals surface area (Å²) in [7, 11) is 1.71. The van der Waals surface area contributed by atoms with E-state index in [4.69, 9.17) is 9.47 Å². The normalized spacial score (nSPS) is 10.6. The van der Waals surface area contributed by atoms with Gasteiger partial charge in [0.15, 0.2) is 0 Å². The topological polar surface area (TPSA) is 18.5 Å². The zero-order chi connectivity index (χ0) is 11.4. The maximum atomic E-state index is 5.61. The molecule has 0 atom stereocenters. The summed E-state index contributed by atoms with van der Waals surface area (Å²) in [5, 5.41) is 2.36. The van der Waals surface area contributed by atoms with Crippen LogP contribution in [-0.4, -0.2) is 13.7 Å². The molecule has 84 valence electrons. The molecule has 0 aromatic heterocycles. The molecule has 2 aromatic carbocycles. The van der Waals surface area contributed by atoms with Crippen molar-refractivity contribution in [2.45, 2.75) is 13.5 Å². The van der Waals surface area contributed by atoms with Crippen molar-refractivity contribution in [1.29, 1.82) is 0 Å². The highest BCUT2D eigenvalue weighted by Gasteiger charge is 2.05. The summed E-state index contributed by atoms with van der Waals surface area (Å²) in [6.07, 6.45) is 0. The van der Waals surface area contributed by atoms with Gasteiger partial charge in [0.05, 0.1) is 13.2 Å². The molecule has 0 saturated heterocycles. The average Bonchev–Trinajstić information content (AvgIpc) is 2.33. The lowest BCUT2D eigenvalue weighted by Gasteiger charge is -2.10. The zero-order valence-corrected chi connectivity index (χ0v) is 9.69. The molecule has 2 aromatic rings. The highest BCUT2D eigenvalue weighted by molar-refractivity contribution is 5.91. The minimum absolute atomic E-state index is 0.632. The monoisotopic (exact) mass is 216 g/mol. The van der Waals surface area contributed by atoms with E-state index in [0.29, 0.717) is 13.2 Å². The minimum atomic E-state index is 0.632. The van der Waals surface area contributed by atoms with Crippen molar-refractivity contribution in [3.05, 3.63) is 42.0 Å². The number of ether oxygens (including phenoxy) is 2. The van der Waals surface area contributed by atoms with E-state index < -0.39 is 0 Å². The molecule has 0 aliphatic carbocycles. The first-order valence-corrected chi connectivity index (χ1v) is 5.49. The molecule has 0 aliphatic heterocycles. The maximum absolute atomic E-state index is 5.61. The van der Waals surface area contributed by atoms with Crippen molar-refractivity contribution in [3.63, 3.8) is 0 Å². The molecule has 0 radical (unpaired) electrons. The summed E-state index contributed by atoms with van der Waals surface area (Å²) < 4.78 is 10.8. The Balaban J connectivity index is 2.57. The summed E-state index contributed by atoms with van der Waals surface area (Å²) in [6, 6.07) is 12.3. The molecule has 0 spiro atoms. The number of rotatable bonds is 4. The van der Waals surface area contributed by atoms with Crippen molar-refractivity contribution in [1.82, 2.24) is 0 Å². The first kappa shape index (κ1) is 11.0. The van der Waals surface area contributed by atoms with Gasteiger partial charge in [-0.3, -0.25) is 0 Å². The van der Waals surface area contributed by atoms with E-state index in [1.54, 1.807) is 7.11 Å². The Bertz CT molecular complexity index is 433. The molecule has 0 bridgehead atoms. The Morgan fingerprint density at radius 2 is 1.75 bits per heavy atom. The summed E-state index contributed by atoms with van der Waals surface area (Å²) >= 11 is 0. The van der Waals surface area contributed by atoms with E-state index in [2.05, 4.69) is 18.2 Å². The van der Waals surface area contributed by atoms with Crippen LogP contribution in [0.5, 0.6) is 5.75 Å². The van der Waals surface area contributed by atoms with Crippen LogP contribution in [0.3, 0.4) is 0 Å². The van der Waals surface area contributed by atoms with Crippen molar-refractivity contribution < 1.29 is 9.47 Å². The van der Waals surface area contributed by atoms with Crippen LogP contribution in [0, 0.1) is 0 Å². The molecule has 2 rings (SSSR count). The summed E-state index contributed by atoms with van der Waals surface area (Å²) in [5.74, 6) is 0.943. The average molecular weight is 216 g/mol. The lowest BCUT2D eigenvalue weighted by atomic mass is 10.0. The fourth-order valence-corrected chi connectivity index (χ4v) is 1.90. The van der Waals surface area contributed by atoms with Crippen LogP contribution in [-0.2, 0) is 11.3 Å². The van der Waals surface area contributed by atoms with Crippen molar-refractivity contribution >= 4 is 10.8 Å². The highest BCUT2D eigenvalue weighted by atomic mass is 16.5. The molecule has 0 N–H and O–H groups in total. The Morgan fingerprint density at radius 3 is 2.44 bits per heavy atom. The van der Waals surface area contributed by atoms with Gasteiger partial charge in [-0.25, -0.2) is 0 Å². The molecule has 0 aliphatic rings. The van der Waals surface area contributed by atoms with Crippen LogP contribution in [0.2, 0.25) is 0 Å². The van der Waals surface area contributed by atoms with Gasteiger partial charge in [-0.1, -0.05) is 30.3 Å². The largest absolute Gasteiger partial charge is 0.493 e. The van der Waals surface area contributed by atoms with E-state index in [-0.39, 0.29) is 0 Å². The molecule has 0 fully saturated rings. The third-order valence-corrected chi connectivity index (χ3v) is 2.57. The fourth-order valence-electron chi connectivity index (χ4n) is 1.90. The molecule has 2 nitrogen and oxygen atoms in total. The number of hydrogen-bond donors (Lipinski definition) is 0. The van der Waals surface area contributed by atoms with Crippen LogP contribution in [0.1, 0.15) is 12.5 Å². The third kappa shape index (κ3) is 2.02. The van der Waals surface area contributed by atoms with E-state index in [9.17, 15) is 0 Å². The van der Waals surface area contributed by atoms with Gasteiger partial charge in [0, 0.05) is 12.5 Å². The molecule has 0 amide bonds. The van der Waals surface area contributed by atoms with Gasteiger partial charge in [0.2, 0.25) is 0 Å². The predicted octanol–water partition coefficient (Wildman–Crippen LogP) is 3.38. The van der Waals surface area contributed by atoms with Crippen molar-refractivity contribution in [2.75, 3.05) is 13.7 Å². The second-order valence-corrected chi connectivity index (χ2v) is 3.63. The van der Waals surface area contributed by atoms with Crippen LogP contribution in [0.25, 0.3) is 10.8 Å². The molecule has 0 unspecified atom stereocenters. The van der Waals surface area contributed by atoms with Gasteiger partial charge in [-0.2, -0.15) is 0 Å². The second kappa shape index (κ2) is 4.99. The van der Waals surface area contributed by atoms with Gasteiger partial charge in [-0.15, -0.1) is 0 Å². The van der Waals surface area contributed by atoms with Crippen molar-refractivity contribution in [3.8, 4) is 5.75 Å². The molecular weight excluding hydrogens is 200 g/mol. The first-order valence-electron chi connectivity index (χ1n) is 5.49. The standard InChI is InChI=1S/C14H16O2/c1-3-16-14-9-8-11(10-15-2)12-6-4-5-7-13(12)14/h4-9H,3,10H2,1-2H3. The molecular formula is C14H16O2. The summed E-state index contributed by atoms with van der Waals surface area (Å²) in [4.78, 5) is 0. The molecule has 2 heteroatoms. The quantitative estimate of drug-likeness (QED) is 0.780. The maximum Gasteiger partial charge on any atom is 0.127 e. The SMILES string of the molecule is CCOc1ccc(COC)c2ccccc12. The van der Waals surface area contributed by atoms with E-state index >= 15 is 0 Å². The summed E-state index contributed by atoms with van der Waals surface area (Å²) in [5.41, 5.74) is 1.20. The Kier molecular flexibility index (Phi) is 3.42. The third-order valence-electron chi connectivity index (χ3n) is 2.57. The van der Waals surface area contributed by atoms with Crippen LogP contribution < -0.4 is 4.74 Å². The number of methoxy groups -OCH3 is 1. The van der Waals surface area contributed by atoms with Crippen molar-refractivity contribution in [2.24, 2.45) is 0 Å². The second-order valence-electron chi connectivity index (χ2n) is 3.63. The highest BCUT2D eigenvalue weighted by Crippen LogP contribution is 2.28. The number of hydrogen-bond acceptors (Lipinski definition) is 2. The molecule has 0 heterocycles. The van der Waals surface area contributed by atoms with Gasteiger partial charge >= 0.3 is 0 Å². The lowest BCUT2D eigenvalue weighted by Crippen LogP contribution is -1.95. The number of benzene rings is 2. The molecule has 0 saturated carbocycles. The van der Waals surface area contributed by atoms with Gasteiger partial charge < -0.3 is 9.47 Å². The number of fused-ring (bicyclic) bond motifs is 1. The molecule has 16 heavy (non-hydrogen) atoms. The van der Waals surface area contributed by atoms with Gasteiger partial charge in [0.25, 0.3) is 0 Å². The van der Waals surface area contributed by atoms with Crippen LogP contribution in [0.4, 0.5) is 0 Å². The Morgan fingerprint density at radius 1 is 1.00 bits per heavy atom. The first-order chi connectivity index (χ1) is 7.86.